The highest BCUT2D eigenvalue weighted by Crippen LogP contribution is 2.20. The molecule has 0 spiro atoms. The highest BCUT2D eigenvalue weighted by Gasteiger charge is 2.15. The van der Waals surface area contributed by atoms with Crippen molar-refractivity contribution in [2.45, 2.75) is 27.2 Å². The van der Waals surface area contributed by atoms with Crippen LogP contribution in [0.1, 0.15) is 26.0 Å². The Morgan fingerprint density at radius 1 is 1.47 bits per heavy atom. The highest BCUT2D eigenvalue weighted by molar-refractivity contribution is 5.43. The van der Waals surface area contributed by atoms with Gasteiger partial charge in [-0.25, -0.2) is 0 Å². The van der Waals surface area contributed by atoms with E-state index < -0.39 is 0 Å². The second-order valence-electron chi connectivity index (χ2n) is 4.74. The maximum absolute atomic E-state index is 5.57. The van der Waals surface area contributed by atoms with E-state index in [0.29, 0.717) is 0 Å². The van der Waals surface area contributed by atoms with Gasteiger partial charge in [0.25, 0.3) is 0 Å². The van der Waals surface area contributed by atoms with Gasteiger partial charge in [-0.1, -0.05) is 13.8 Å². The molecule has 0 atom stereocenters. The van der Waals surface area contributed by atoms with Crippen LogP contribution in [0.5, 0.6) is 0 Å². The Bertz CT molecular complexity index is 307. The van der Waals surface area contributed by atoms with E-state index in [0.717, 1.165) is 30.9 Å². The topological polar surface area (TPSA) is 50.9 Å². The summed E-state index contributed by atoms with van der Waals surface area (Å²) in [6.45, 7) is 8.12. The average molecular weight is 207 g/mol. The van der Waals surface area contributed by atoms with Crippen molar-refractivity contribution >= 4 is 5.69 Å². The average Bonchev–Trinajstić information content (AvgIpc) is 2.15. The zero-order valence-electron chi connectivity index (χ0n) is 9.88. The molecule has 0 saturated heterocycles. The Labute approximate surface area is 92.1 Å². The van der Waals surface area contributed by atoms with Crippen molar-refractivity contribution in [1.82, 2.24) is 4.98 Å². The normalized spacial score (nSPS) is 11.5. The molecule has 0 aliphatic heterocycles. The summed E-state index contributed by atoms with van der Waals surface area (Å²) < 4.78 is 0. The minimum Gasteiger partial charge on any atom is -0.384 e. The van der Waals surface area contributed by atoms with Gasteiger partial charge in [-0.05, 0) is 37.4 Å². The third-order valence-corrected chi connectivity index (χ3v) is 2.49. The standard InChI is InChI=1S/C12H21N3/c1-10-8-11(4-7-14-10)15-9-12(2,3)5-6-13/h4,7-8H,5-6,9,13H2,1-3H3,(H,14,15). The number of hydrogen-bond acceptors (Lipinski definition) is 3. The lowest BCUT2D eigenvalue weighted by Gasteiger charge is -2.24. The summed E-state index contributed by atoms with van der Waals surface area (Å²) in [5.41, 5.74) is 7.98. The number of rotatable bonds is 5. The number of pyridine rings is 1. The summed E-state index contributed by atoms with van der Waals surface area (Å²) in [5, 5.41) is 3.42. The van der Waals surface area contributed by atoms with Crippen molar-refractivity contribution < 1.29 is 0 Å². The third kappa shape index (κ3) is 4.30. The van der Waals surface area contributed by atoms with Crippen LogP contribution in [0.4, 0.5) is 5.69 Å². The van der Waals surface area contributed by atoms with Crippen LogP contribution >= 0.6 is 0 Å². The van der Waals surface area contributed by atoms with Crippen molar-refractivity contribution in [3.8, 4) is 0 Å². The zero-order chi connectivity index (χ0) is 11.3. The molecule has 0 aliphatic rings. The van der Waals surface area contributed by atoms with Crippen LogP contribution in [0, 0.1) is 12.3 Å². The molecule has 1 aromatic heterocycles. The predicted octanol–water partition coefficient (Wildman–Crippen LogP) is 2.18. The molecular weight excluding hydrogens is 186 g/mol. The molecule has 3 nitrogen and oxygen atoms in total. The van der Waals surface area contributed by atoms with Crippen LogP contribution in [0.3, 0.4) is 0 Å². The lowest BCUT2D eigenvalue weighted by atomic mass is 9.89. The minimum absolute atomic E-state index is 0.242. The van der Waals surface area contributed by atoms with E-state index in [1.54, 1.807) is 0 Å². The first-order valence-electron chi connectivity index (χ1n) is 5.40. The Morgan fingerprint density at radius 3 is 2.80 bits per heavy atom. The fourth-order valence-corrected chi connectivity index (χ4v) is 1.48. The molecule has 0 radical (unpaired) electrons. The van der Waals surface area contributed by atoms with Gasteiger partial charge in [0, 0.05) is 24.1 Å². The predicted molar refractivity (Wildman–Crippen MR) is 64.9 cm³/mol. The van der Waals surface area contributed by atoms with E-state index >= 15 is 0 Å². The Balaban J connectivity index is 2.49. The van der Waals surface area contributed by atoms with Gasteiger partial charge >= 0.3 is 0 Å². The van der Waals surface area contributed by atoms with Crippen molar-refractivity contribution in [3.05, 3.63) is 24.0 Å². The number of aromatic nitrogens is 1. The quantitative estimate of drug-likeness (QED) is 0.778. The van der Waals surface area contributed by atoms with E-state index in [1.807, 2.05) is 19.2 Å². The molecule has 0 aliphatic carbocycles. The molecule has 1 rings (SSSR count). The van der Waals surface area contributed by atoms with E-state index in [1.165, 1.54) is 0 Å². The summed E-state index contributed by atoms with van der Waals surface area (Å²) in [6.07, 6.45) is 2.86. The Hall–Kier alpha value is -1.09. The monoisotopic (exact) mass is 207 g/mol. The second-order valence-corrected chi connectivity index (χ2v) is 4.74. The van der Waals surface area contributed by atoms with Crippen molar-refractivity contribution in [1.29, 1.82) is 0 Å². The molecule has 84 valence electrons. The summed E-state index contributed by atoms with van der Waals surface area (Å²) in [5.74, 6) is 0. The van der Waals surface area contributed by atoms with Crippen molar-refractivity contribution in [2.24, 2.45) is 11.1 Å². The smallest absolute Gasteiger partial charge is 0.0393 e. The van der Waals surface area contributed by atoms with Crippen LogP contribution in [-0.4, -0.2) is 18.1 Å². The molecule has 1 heterocycles. The van der Waals surface area contributed by atoms with Gasteiger partial charge in [-0.3, -0.25) is 4.98 Å². The molecule has 0 amide bonds. The van der Waals surface area contributed by atoms with Crippen molar-refractivity contribution in [3.63, 3.8) is 0 Å². The number of nitrogens with two attached hydrogens (primary N) is 1. The van der Waals surface area contributed by atoms with Gasteiger partial charge in [0.2, 0.25) is 0 Å². The number of aryl methyl sites for hydroxylation is 1. The van der Waals surface area contributed by atoms with Gasteiger partial charge in [0.1, 0.15) is 0 Å². The summed E-state index contributed by atoms with van der Waals surface area (Å²) in [7, 11) is 0. The van der Waals surface area contributed by atoms with Crippen LogP contribution in [0.2, 0.25) is 0 Å². The van der Waals surface area contributed by atoms with Crippen LogP contribution in [-0.2, 0) is 0 Å². The van der Waals surface area contributed by atoms with Gasteiger partial charge in [-0.15, -0.1) is 0 Å². The van der Waals surface area contributed by atoms with Gasteiger partial charge < -0.3 is 11.1 Å². The third-order valence-electron chi connectivity index (χ3n) is 2.49. The first-order valence-corrected chi connectivity index (χ1v) is 5.40. The summed E-state index contributed by atoms with van der Waals surface area (Å²) >= 11 is 0. The summed E-state index contributed by atoms with van der Waals surface area (Å²) in [4.78, 5) is 4.16. The lowest BCUT2D eigenvalue weighted by molar-refractivity contribution is 0.365. The van der Waals surface area contributed by atoms with Gasteiger partial charge in [0.05, 0.1) is 0 Å². The Kier molecular flexibility index (Phi) is 4.09. The van der Waals surface area contributed by atoms with E-state index in [2.05, 4.69) is 30.2 Å². The first-order chi connectivity index (χ1) is 7.03. The number of nitrogens with one attached hydrogen (secondary N) is 1. The van der Waals surface area contributed by atoms with Crippen LogP contribution in [0.25, 0.3) is 0 Å². The van der Waals surface area contributed by atoms with E-state index in [4.69, 9.17) is 5.73 Å². The molecule has 0 saturated carbocycles. The highest BCUT2D eigenvalue weighted by atomic mass is 14.9. The van der Waals surface area contributed by atoms with Crippen LogP contribution in [0.15, 0.2) is 18.3 Å². The Morgan fingerprint density at radius 2 is 2.20 bits per heavy atom. The lowest BCUT2D eigenvalue weighted by Crippen LogP contribution is -2.26. The number of nitrogens with zero attached hydrogens (tertiary/aromatic N) is 1. The van der Waals surface area contributed by atoms with E-state index in [9.17, 15) is 0 Å². The molecule has 15 heavy (non-hydrogen) atoms. The number of hydrogen-bond donors (Lipinski definition) is 2. The maximum Gasteiger partial charge on any atom is 0.0393 e. The molecule has 3 heteroatoms. The zero-order valence-corrected chi connectivity index (χ0v) is 9.88. The molecular formula is C12H21N3. The summed E-state index contributed by atoms with van der Waals surface area (Å²) in [6, 6.07) is 4.05. The molecule has 0 fully saturated rings. The second kappa shape index (κ2) is 5.12. The molecule has 0 aromatic carbocycles. The van der Waals surface area contributed by atoms with Gasteiger partial charge in [-0.2, -0.15) is 0 Å². The number of anilines is 1. The minimum atomic E-state index is 0.242. The fraction of sp³-hybridized carbons (Fsp3) is 0.583. The fourth-order valence-electron chi connectivity index (χ4n) is 1.48. The first kappa shape index (κ1) is 12.0. The molecule has 0 bridgehead atoms. The molecule has 3 N–H and O–H groups in total. The van der Waals surface area contributed by atoms with Crippen molar-refractivity contribution in [2.75, 3.05) is 18.4 Å². The molecule has 0 unspecified atom stereocenters. The largest absolute Gasteiger partial charge is 0.384 e. The van der Waals surface area contributed by atoms with Crippen LogP contribution < -0.4 is 11.1 Å². The maximum atomic E-state index is 5.57. The van der Waals surface area contributed by atoms with E-state index in [-0.39, 0.29) is 5.41 Å². The van der Waals surface area contributed by atoms with Gasteiger partial charge in [0.15, 0.2) is 0 Å². The SMILES string of the molecule is Cc1cc(NCC(C)(C)CCN)ccn1. The molecule has 1 aromatic rings.